The molecule has 0 radical (unpaired) electrons. The van der Waals surface area contributed by atoms with Crippen molar-refractivity contribution in [1.82, 2.24) is 10.3 Å². The molecule has 2 aromatic carbocycles. The highest BCUT2D eigenvalue weighted by molar-refractivity contribution is 6.31. The third-order valence-corrected chi connectivity index (χ3v) is 4.70. The van der Waals surface area contributed by atoms with Gasteiger partial charge < -0.3 is 15.4 Å². The first-order valence-corrected chi connectivity index (χ1v) is 8.72. The van der Waals surface area contributed by atoms with Crippen LogP contribution < -0.4 is 10.6 Å². The average molecular weight is 368 g/mol. The summed E-state index contributed by atoms with van der Waals surface area (Å²) in [4.78, 5) is 16.2. The van der Waals surface area contributed by atoms with Crippen LogP contribution in [-0.2, 0) is 15.1 Å². The first-order chi connectivity index (χ1) is 12.5. The molecule has 132 valence electrons. The van der Waals surface area contributed by atoms with Crippen molar-refractivity contribution in [2.75, 3.05) is 18.5 Å². The molecule has 2 N–H and O–H groups in total. The molecule has 26 heavy (non-hydrogen) atoms. The van der Waals surface area contributed by atoms with Crippen LogP contribution in [0.15, 0.2) is 54.7 Å². The minimum Gasteiger partial charge on any atom is -0.369 e. The number of fused-ring (bicyclic) bond motifs is 1. The van der Waals surface area contributed by atoms with E-state index in [1.54, 1.807) is 6.20 Å². The molecule has 5 nitrogen and oxygen atoms in total. The lowest BCUT2D eigenvalue weighted by atomic mass is 9.91. The number of para-hydroxylation sites is 1. The van der Waals surface area contributed by atoms with E-state index in [-0.39, 0.29) is 12.5 Å². The lowest BCUT2D eigenvalue weighted by Gasteiger charge is -2.35. The Kier molecular flexibility index (Phi) is 4.26. The summed E-state index contributed by atoms with van der Waals surface area (Å²) in [7, 11) is 0. The van der Waals surface area contributed by atoms with Gasteiger partial charge in [-0.2, -0.15) is 0 Å². The van der Waals surface area contributed by atoms with Crippen LogP contribution >= 0.6 is 11.6 Å². The van der Waals surface area contributed by atoms with Crippen molar-refractivity contribution in [3.05, 3.63) is 65.3 Å². The first kappa shape index (κ1) is 16.8. The Morgan fingerprint density at radius 3 is 2.92 bits per heavy atom. The fourth-order valence-electron chi connectivity index (χ4n) is 3.21. The number of carbonyl (C=O) groups is 1. The topological polar surface area (TPSA) is 63.3 Å². The molecule has 1 amide bonds. The Bertz CT molecular complexity index is 992. The molecule has 0 saturated carbocycles. The van der Waals surface area contributed by atoms with E-state index in [0.29, 0.717) is 11.6 Å². The SMILES string of the molecule is C[C@]1(c2cccc(Nc3cccc4cc(Cl)cnc34)c2)COCC(=O)N1. The van der Waals surface area contributed by atoms with Crippen molar-refractivity contribution in [3.8, 4) is 0 Å². The lowest BCUT2D eigenvalue weighted by Crippen LogP contribution is -2.52. The highest BCUT2D eigenvalue weighted by Gasteiger charge is 2.32. The normalized spacial score (nSPS) is 20.0. The van der Waals surface area contributed by atoms with Gasteiger partial charge in [0.2, 0.25) is 5.91 Å². The number of rotatable bonds is 3. The molecular weight excluding hydrogens is 350 g/mol. The Labute approximate surface area is 156 Å². The van der Waals surface area contributed by atoms with E-state index in [1.807, 2.05) is 55.5 Å². The van der Waals surface area contributed by atoms with Crippen molar-refractivity contribution < 1.29 is 9.53 Å². The molecule has 0 unspecified atom stereocenters. The van der Waals surface area contributed by atoms with Gasteiger partial charge in [-0.1, -0.05) is 35.9 Å². The molecule has 0 bridgehead atoms. The highest BCUT2D eigenvalue weighted by Crippen LogP contribution is 2.30. The number of hydrogen-bond acceptors (Lipinski definition) is 4. The summed E-state index contributed by atoms with van der Waals surface area (Å²) in [5.41, 5.74) is 3.09. The highest BCUT2D eigenvalue weighted by atomic mass is 35.5. The molecule has 0 aliphatic carbocycles. The molecule has 1 atom stereocenters. The van der Waals surface area contributed by atoms with Gasteiger partial charge in [0, 0.05) is 17.3 Å². The van der Waals surface area contributed by atoms with Gasteiger partial charge in [0.15, 0.2) is 0 Å². The number of anilines is 2. The zero-order chi connectivity index (χ0) is 18.1. The van der Waals surface area contributed by atoms with Gasteiger partial charge in [-0.15, -0.1) is 0 Å². The van der Waals surface area contributed by atoms with Crippen LogP contribution in [0.2, 0.25) is 5.02 Å². The first-order valence-electron chi connectivity index (χ1n) is 8.34. The lowest BCUT2D eigenvalue weighted by molar-refractivity contribution is -0.135. The molecule has 1 aromatic heterocycles. The van der Waals surface area contributed by atoms with E-state index in [1.165, 1.54) is 0 Å². The van der Waals surface area contributed by atoms with Gasteiger partial charge in [0.25, 0.3) is 0 Å². The quantitative estimate of drug-likeness (QED) is 0.734. The molecule has 1 aliphatic rings. The summed E-state index contributed by atoms with van der Waals surface area (Å²) in [6.45, 7) is 2.51. The van der Waals surface area contributed by atoms with Gasteiger partial charge >= 0.3 is 0 Å². The van der Waals surface area contributed by atoms with Gasteiger partial charge in [0.05, 0.1) is 28.4 Å². The third kappa shape index (κ3) is 3.23. The summed E-state index contributed by atoms with van der Waals surface area (Å²) < 4.78 is 5.42. The van der Waals surface area contributed by atoms with E-state index in [4.69, 9.17) is 16.3 Å². The smallest absolute Gasteiger partial charge is 0.246 e. The van der Waals surface area contributed by atoms with Crippen LogP contribution in [0.4, 0.5) is 11.4 Å². The zero-order valence-corrected chi connectivity index (χ0v) is 15.0. The molecule has 1 fully saturated rings. The minimum absolute atomic E-state index is 0.104. The summed E-state index contributed by atoms with van der Waals surface area (Å²) in [6.07, 6.45) is 1.64. The largest absolute Gasteiger partial charge is 0.369 e. The van der Waals surface area contributed by atoms with Crippen LogP contribution in [0.3, 0.4) is 0 Å². The number of hydrogen-bond donors (Lipinski definition) is 2. The van der Waals surface area contributed by atoms with Gasteiger partial charge in [0.1, 0.15) is 6.61 Å². The fourth-order valence-corrected chi connectivity index (χ4v) is 3.38. The molecule has 1 aliphatic heterocycles. The number of carbonyl (C=O) groups excluding carboxylic acids is 1. The Morgan fingerprint density at radius 1 is 1.23 bits per heavy atom. The predicted octanol–water partition coefficient (Wildman–Crippen LogP) is 3.99. The third-order valence-electron chi connectivity index (χ3n) is 4.50. The Morgan fingerprint density at radius 2 is 2.08 bits per heavy atom. The maximum Gasteiger partial charge on any atom is 0.246 e. The number of amides is 1. The summed E-state index contributed by atoms with van der Waals surface area (Å²) in [5, 5.41) is 8.01. The number of ether oxygens (including phenoxy) is 1. The number of nitrogens with one attached hydrogen (secondary N) is 2. The van der Waals surface area contributed by atoms with E-state index >= 15 is 0 Å². The molecule has 6 heteroatoms. The van der Waals surface area contributed by atoms with Gasteiger partial charge in [-0.05, 0) is 36.8 Å². The van der Waals surface area contributed by atoms with Crippen LogP contribution in [-0.4, -0.2) is 24.1 Å². The van der Waals surface area contributed by atoms with E-state index in [9.17, 15) is 4.79 Å². The maximum atomic E-state index is 11.7. The standard InChI is InChI=1S/C20H18ClN3O2/c1-20(12-26-11-18(25)24-20)14-5-3-6-16(9-14)23-17-7-2-4-13-8-15(21)10-22-19(13)17/h2-10,23H,11-12H2,1H3,(H,24,25)/t20-/m1/s1. The average Bonchev–Trinajstić information content (AvgIpc) is 2.62. The second kappa shape index (κ2) is 6.59. The van der Waals surface area contributed by atoms with Crippen molar-refractivity contribution in [1.29, 1.82) is 0 Å². The van der Waals surface area contributed by atoms with Crippen LogP contribution in [0.5, 0.6) is 0 Å². The van der Waals surface area contributed by atoms with Crippen molar-refractivity contribution in [3.63, 3.8) is 0 Å². The monoisotopic (exact) mass is 367 g/mol. The Hall–Kier alpha value is -2.63. The van der Waals surface area contributed by atoms with Crippen molar-refractivity contribution >= 4 is 39.8 Å². The van der Waals surface area contributed by atoms with Crippen LogP contribution in [0.1, 0.15) is 12.5 Å². The summed E-state index contributed by atoms with van der Waals surface area (Å²) in [6, 6.07) is 15.7. The van der Waals surface area contributed by atoms with E-state index in [0.717, 1.165) is 27.8 Å². The number of nitrogens with zero attached hydrogens (tertiary/aromatic N) is 1. The van der Waals surface area contributed by atoms with E-state index in [2.05, 4.69) is 15.6 Å². The van der Waals surface area contributed by atoms with Gasteiger partial charge in [-0.25, -0.2) is 0 Å². The molecule has 1 saturated heterocycles. The van der Waals surface area contributed by atoms with Crippen molar-refractivity contribution in [2.24, 2.45) is 0 Å². The minimum atomic E-state index is -0.544. The number of aromatic nitrogens is 1. The fraction of sp³-hybridized carbons (Fsp3) is 0.200. The molecule has 2 heterocycles. The number of morpholine rings is 1. The number of halogens is 1. The molecule has 0 spiro atoms. The van der Waals surface area contributed by atoms with Crippen LogP contribution in [0, 0.1) is 0 Å². The Balaban J connectivity index is 1.67. The molecule has 4 rings (SSSR count). The van der Waals surface area contributed by atoms with E-state index < -0.39 is 5.54 Å². The van der Waals surface area contributed by atoms with Crippen molar-refractivity contribution in [2.45, 2.75) is 12.5 Å². The maximum absolute atomic E-state index is 11.7. The number of pyridine rings is 1. The summed E-state index contributed by atoms with van der Waals surface area (Å²) >= 11 is 6.04. The van der Waals surface area contributed by atoms with Gasteiger partial charge in [-0.3, -0.25) is 9.78 Å². The molecule has 3 aromatic rings. The number of benzene rings is 2. The summed E-state index contributed by atoms with van der Waals surface area (Å²) in [5.74, 6) is -0.104. The second-order valence-corrected chi connectivity index (χ2v) is 7.05. The predicted molar refractivity (Wildman–Crippen MR) is 103 cm³/mol. The van der Waals surface area contributed by atoms with Crippen LogP contribution in [0.25, 0.3) is 10.9 Å². The second-order valence-electron chi connectivity index (χ2n) is 6.61. The molecular formula is C20H18ClN3O2. The zero-order valence-electron chi connectivity index (χ0n) is 14.3.